The Hall–Kier alpha value is -8.78. The van der Waals surface area contributed by atoms with Crippen LogP contribution in [0.2, 0.25) is 0 Å². The molecule has 0 heterocycles. The van der Waals surface area contributed by atoms with E-state index in [2.05, 4.69) is 36.4 Å². The highest BCUT2D eigenvalue weighted by molar-refractivity contribution is 6.15. The van der Waals surface area contributed by atoms with Gasteiger partial charge in [-0.2, -0.15) is 0 Å². The molecule has 1 heteroatoms. The van der Waals surface area contributed by atoms with E-state index < -0.39 is 164 Å². The first-order valence-electron chi connectivity index (χ1n) is 31.5. The largest absolute Gasteiger partial charge is 0.310 e. The number of anilines is 3. The van der Waals surface area contributed by atoms with E-state index in [1.54, 1.807) is 4.90 Å². The molecule has 0 radical (unpaired) electrons. The van der Waals surface area contributed by atoms with Gasteiger partial charge in [0.05, 0.1) is 37.1 Å². The quantitative estimate of drug-likeness (QED) is 0.137. The van der Waals surface area contributed by atoms with Gasteiger partial charge in [0, 0.05) is 16.8 Å². The fraction of sp³-hybridized carbons (Fsp3) is 0.0149. The van der Waals surface area contributed by atoms with Crippen molar-refractivity contribution in [3.63, 3.8) is 0 Å². The minimum atomic E-state index is -0.980. The molecule has 0 aliphatic heterocycles. The Morgan fingerprint density at radius 1 is 0.324 bits per heavy atom. The zero-order valence-corrected chi connectivity index (χ0v) is 36.0. The molecule has 0 saturated heterocycles. The first-order chi connectivity index (χ1) is 41.7. The summed E-state index contributed by atoms with van der Waals surface area (Å²) in [6.07, 6.45) is 0. The van der Waals surface area contributed by atoms with E-state index in [0.717, 1.165) is 49.5 Å². The molecule has 0 spiro atoms. The second kappa shape index (κ2) is 16.3. The first-order valence-corrected chi connectivity index (χ1v) is 22.0. The number of hydrogen-bond donors (Lipinski definition) is 0. The van der Waals surface area contributed by atoms with Crippen molar-refractivity contribution in [1.82, 2.24) is 0 Å². The monoisotopic (exact) mass is 882 g/mol. The molecular weight excluding hydrogens is 819 g/mol. The Morgan fingerprint density at radius 2 is 0.912 bits per heavy atom. The average Bonchev–Trinajstić information content (AvgIpc) is 1.71. The van der Waals surface area contributed by atoms with E-state index in [1.165, 1.54) is 0 Å². The molecule has 12 aromatic carbocycles. The van der Waals surface area contributed by atoms with Crippen LogP contribution in [0.5, 0.6) is 0 Å². The lowest BCUT2D eigenvalue weighted by molar-refractivity contribution is 0.768. The zero-order chi connectivity index (χ0) is 61.6. The molecule has 0 N–H and O–H groups in total. The van der Waals surface area contributed by atoms with Gasteiger partial charge in [0.25, 0.3) is 0 Å². The lowest BCUT2D eigenvalue weighted by Crippen LogP contribution is -2.28. The summed E-state index contributed by atoms with van der Waals surface area (Å²) in [4.78, 5) is 1.68. The lowest BCUT2D eigenvalue weighted by Gasteiger charge is -2.35. The highest BCUT2D eigenvalue weighted by Crippen LogP contribution is 2.57. The maximum atomic E-state index is 10.3. The van der Waals surface area contributed by atoms with Gasteiger partial charge >= 0.3 is 0 Å². The fourth-order valence-corrected chi connectivity index (χ4v) is 10.0. The molecule has 68 heavy (non-hydrogen) atoms. The number of rotatable bonds is 8. The van der Waals surface area contributed by atoms with Crippen molar-refractivity contribution < 1.29 is 26.0 Å². The summed E-state index contributed by atoms with van der Waals surface area (Å²) in [6.45, 7) is 0. The molecule has 1 aliphatic rings. The smallest absolute Gasteiger partial charge is 0.0714 e. The molecule has 1 nitrogen and oxygen atoms in total. The summed E-state index contributed by atoms with van der Waals surface area (Å²) in [5.41, 5.74) is 1.17. The van der Waals surface area contributed by atoms with Gasteiger partial charge in [0.2, 0.25) is 0 Å². The van der Waals surface area contributed by atoms with Crippen molar-refractivity contribution in [2.75, 3.05) is 4.90 Å². The van der Waals surface area contributed by atoms with E-state index in [0.29, 0.717) is 16.8 Å². The molecule has 0 saturated carbocycles. The van der Waals surface area contributed by atoms with Crippen molar-refractivity contribution in [1.29, 1.82) is 0 Å². The second-order valence-corrected chi connectivity index (χ2v) is 16.5. The number of nitrogens with zero attached hydrogens (tertiary/aromatic N) is 1. The number of hydrogen-bond acceptors (Lipinski definition) is 1. The summed E-state index contributed by atoms with van der Waals surface area (Å²) in [7, 11) is 0. The third-order valence-corrected chi connectivity index (χ3v) is 12.9. The van der Waals surface area contributed by atoms with Crippen molar-refractivity contribution in [2.24, 2.45) is 0 Å². The predicted octanol–water partition coefficient (Wildman–Crippen LogP) is 18.0. The van der Waals surface area contributed by atoms with Crippen LogP contribution in [0.25, 0.3) is 76.8 Å². The predicted molar refractivity (Wildman–Crippen MR) is 287 cm³/mol. The zero-order valence-electron chi connectivity index (χ0n) is 55.0. The van der Waals surface area contributed by atoms with Crippen molar-refractivity contribution in [2.45, 2.75) is 5.41 Å². The average molecular weight is 883 g/mol. The second-order valence-electron chi connectivity index (χ2n) is 16.5. The van der Waals surface area contributed by atoms with Crippen molar-refractivity contribution in [3.05, 3.63) is 295 Å². The molecule has 0 amide bonds. The molecule has 0 fully saturated rings. The van der Waals surface area contributed by atoms with Gasteiger partial charge in [0.1, 0.15) is 0 Å². The molecule has 13 rings (SSSR count). The lowest BCUT2D eigenvalue weighted by atomic mass is 9.67. The Kier molecular flexibility index (Phi) is 5.90. The van der Waals surface area contributed by atoms with Gasteiger partial charge in [-0.05, 0) is 124 Å². The maximum absolute atomic E-state index is 10.3. The van der Waals surface area contributed by atoms with Crippen molar-refractivity contribution >= 4 is 49.4 Å². The van der Waals surface area contributed by atoms with Crippen LogP contribution in [0.3, 0.4) is 0 Å². The van der Waals surface area contributed by atoms with Crippen LogP contribution >= 0.6 is 0 Å². The van der Waals surface area contributed by atoms with E-state index in [-0.39, 0.29) is 5.69 Å². The maximum Gasteiger partial charge on any atom is 0.0714 e. The summed E-state index contributed by atoms with van der Waals surface area (Å²) in [5.74, 6) is 0. The van der Waals surface area contributed by atoms with Gasteiger partial charge in [0.15, 0.2) is 0 Å². The van der Waals surface area contributed by atoms with Gasteiger partial charge in [-0.3, -0.25) is 0 Å². The summed E-state index contributed by atoms with van der Waals surface area (Å²) < 4.78 is 177. The molecule has 0 atom stereocenters. The van der Waals surface area contributed by atoms with Gasteiger partial charge in [-0.25, -0.2) is 0 Å². The van der Waals surface area contributed by atoms with Crippen LogP contribution in [0.4, 0.5) is 17.1 Å². The van der Waals surface area contributed by atoms with E-state index >= 15 is 0 Å². The summed E-state index contributed by atoms with van der Waals surface area (Å²) >= 11 is 0. The van der Waals surface area contributed by atoms with Gasteiger partial charge in [-0.15, -0.1) is 0 Å². The minimum absolute atomic E-state index is 0.260. The Bertz CT molecular complexity index is 4860. The molecular formula is C67H45N. The normalized spacial score (nSPS) is 16.4. The summed E-state index contributed by atoms with van der Waals surface area (Å²) in [5, 5.41) is 1.98. The highest BCUT2D eigenvalue weighted by atomic mass is 15.1. The van der Waals surface area contributed by atoms with Crippen LogP contribution in [0.15, 0.2) is 273 Å². The first kappa shape index (κ1) is 24.7. The highest BCUT2D eigenvalue weighted by Gasteiger charge is 2.46. The molecule has 1 aliphatic carbocycles. The molecule has 0 aromatic heterocycles. The van der Waals surface area contributed by atoms with E-state index in [4.69, 9.17) is 11.0 Å². The molecule has 12 aromatic rings. The standard InChI is InChI=1S/C67H45N/c1-4-18-46(19-5-1)47-32-34-50(35-33-47)66-57-27-13-10-20-48(57)38-42-58(66)49-36-39-54(40-37-49)68(65-44-51-21-11-12-26-56(51)59-28-14-15-30-62(59)65)55-41-43-61-60-29-16-17-31-63(60)67(64(61)45-55,52-22-6-2-7-23-52)53-24-8-3-9-25-53/h1-45H/i1D,4D,5D,10D,13D,18D,19D,20D,27D,32D,33D,34D,35D,36D,37D,38D,39D,40D,42D. The Balaban J connectivity index is 1.15. The van der Waals surface area contributed by atoms with Crippen LogP contribution in [-0.4, -0.2) is 0 Å². The third-order valence-electron chi connectivity index (χ3n) is 12.9. The van der Waals surface area contributed by atoms with Gasteiger partial charge in [-0.1, -0.05) is 242 Å². The van der Waals surface area contributed by atoms with Crippen LogP contribution < -0.4 is 4.90 Å². The Morgan fingerprint density at radius 3 is 1.68 bits per heavy atom. The molecule has 0 bridgehead atoms. The van der Waals surface area contributed by atoms with Crippen molar-refractivity contribution in [3.8, 4) is 44.5 Å². The van der Waals surface area contributed by atoms with E-state index in [1.807, 2.05) is 121 Å². The minimum Gasteiger partial charge on any atom is -0.310 e. The van der Waals surface area contributed by atoms with Crippen LogP contribution in [0.1, 0.15) is 48.3 Å². The van der Waals surface area contributed by atoms with Crippen LogP contribution in [-0.2, 0) is 5.41 Å². The molecule has 0 unspecified atom stereocenters. The topological polar surface area (TPSA) is 3.24 Å². The molecule has 318 valence electrons. The Labute approximate surface area is 424 Å². The third kappa shape index (κ3) is 6.32. The SMILES string of the molecule is [2H]c1c([2H])c([2H])c(-c2c([2H])c([2H])c(-c3c(-c4c([2H])c([2H])c(N(c5ccc6c(c5)C(c5ccccc5)(c5ccccc5)c5ccccc5-6)c5cc6ccccc6c6ccccc56)c([2H])c4[2H])c([2H])c([2H])c4c([2H])c([2H])c([2H])c([2H])c34)c([2H])c2[2H])c([2H])c1[2H]. The van der Waals surface area contributed by atoms with E-state index in [9.17, 15) is 15.1 Å². The fourth-order valence-electron chi connectivity index (χ4n) is 10.0. The van der Waals surface area contributed by atoms with Gasteiger partial charge < -0.3 is 4.90 Å². The number of fused-ring (bicyclic) bond motifs is 7. The number of benzene rings is 12. The summed E-state index contributed by atoms with van der Waals surface area (Å²) in [6, 6.07) is 35.4. The van der Waals surface area contributed by atoms with Crippen LogP contribution in [0, 0.1) is 0 Å².